The Kier molecular flexibility index (Phi) is 4.74. The Morgan fingerprint density at radius 1 is 1.04 bits per heavy atom. The van der Waals surface area contributed by atoms with Crippen LogP contribution in [-0.2, 0) is 4.79 Å². The normalized spacial score (nSPS) is 18.5. The van der Waals surface area contributed by atoms with Gasteiger partial charge in [0.05, 0.1) is 10.6 Å². The Labute approximate surface area is 139 Å². The van der Waals surface area contributed by atoms with Gasteiger partial charge in [0.15, 0.2) is 5.17 Å². The molecule has 1 heterocycles. The molecular formula is C19H16N2OS. The predicted molar refractivity (Wildman–Crippen MR) is 97.4 cm³/mol. The number of rotatable bonds is 3. The molecule has 1 aliphatic rings. The number of hydrogen-bond acceptors (Lipinski definition) is 3. The van der Waals surface area contributed by atoms with Crippen molar-refractivity contribution in [2.45, 2.75) is 6.92 Å². The lowest BCUT2D eigenvalue weighted by Gasteiger charge is -1.96. The molecule has 2 aromatic rings. The van der Waals surface area contributed by atoms with Crippen LogP contribution in [0.3, 0.4) is 0 Å². The molecule has 0 aliphatic carbocycles. The fraction of sp³-hybridized carbons (Fsp3) is 0.0526. The zero-order valence-corrected chi connectivity index (χ0v) is 13.5. The first-order valence-electron chi connectivity index (χ1n) is 7.29. The maximum atomic E-state index is 12.1. The summed E-state index contributed by atoms with van der Waals surface area (Å²) in [6.07, 6.45) is 3.94. The molecule has 3 nitrogen and oxygen atoms in total. The van der Waals surface area contributed by atoms with Crippen molar-refractivity contribution in [3.8, 4) is 0 Å². The van der Waals surface area contributed by atoms with Crippen LogP contribution in [0.15, 0.2) is 82.2 Å². The molecule has 2 aromatic carbocycles. The van der Waals surface area contributed by atoms with Crippen LogP contribution in [0.4, 0.5) is 5.69 Å². The summed E-state index contributed by atoms with van der Waals surface area (Å²) in [4.78, 5) is 17.1. The van der Waals surface area contributed by atoms with Gasteiger partial charge in [0, 0.05) is 0 Å². The first-order valence-corrected chi connectivity index (χ1v) is 8.10. The highest BCUT2D eigenvalue weighted by atomic mass is 32.2. The number of carbonyl (C=O) groups is 1. The van der Waals surface area contributed by atoms with E-state index in [1.54, 1.807) is 0 Å². The molecule has 4 heteroatoms. The summed E-state index contributed by atoms with van der Waals surface area (Å²) in [5, 5.41) is 3.41. The second-order valence-corrected chi connectivity index (χ2v) is 6.15. The van der Waals surface area contributed by atoms with Crippen LogP contribution >= 0.6 is 11.8 Å². The zero-order valence-electron chi connectivity index (χ0n) is 12.7. The number of nitrogens with zero attached hydrogens (tertiary/aromatic N) is 1. The number of amides is 1. The average Bonchev–Trinajstić information content (AvgIpc) is 2.88. The van der Waals surface area contributed by atoms with Gasteiger partial charge in [-0.3, -0.25) is 4.79 Å². The average molecular weight is 320 g/mol. The molecule has 0 radical (unpaired) electrons. The third kappa shape index (κ3) is 4.20. The van der Waals surface area contributed by atoms with Gasteiger partial charge in [0.2, 0.25) is 0 Å². The van der Waals surface area contributed by atoms with Gasteiger partial charge in [0.25, 0.3) is 5.91 Å². The van der Waals surface area contributed by atoms with Crippen molar-refractivity contribution in [3.63, 3.8) is 0 Å². The smallest absolute Gasteiger partial charge is 0.264 e. The molecule has 0 saturated carbocycles. The van der Waals surface area contributed by atoms with Crippen LogP contribution in [-0.4, -0.2) is 11.1 Å². The minimum Gasteiger partial charge on any atom is -0.300 e. The van der Waals surface area contributed by atoms with Gasteiger partial charge >= 0.3 is 0 Å². The van der Waals surface area contributed by atoms with E-state index in [-0.39, 0.29) is 5.91 Å². The quantitative estimate of drug-likeness (QED) is 0.845. The highest BCUT2D eigenvalue weighted by Crippen LogP contribution is 2.27. The summed E-state index contributed by atoms with van der Waals surface area (Å²) < 4.78 is 0. The molecular weight excluding hydrogens is 304 g/mol. The number of thioether (sulfide) groups is 1. The molecule has 0 atom stereocenters. The molecule has 1 amide bonds. The van der Waals surface area contributed by atoms with Crippen molar-refractivity contribution in [1.29, 1.82) is 0 Å². The van der Waals surface area contributed by atoms with Gasteiger partial charge in [-0.05, 0) is 48.0 Å². The Bertz CT molecular complexity index is 793. The molecule has 0 spiro atoms. The molecule has 1 aliphatic heterocycles. The number of amidine groups is 1. The molecule has 0 unspecified atom stereocenters. The minimum absolute atomic E-state index is 0.106. The zero-order chi connectivity index (χ0) is 16.1. The van der Waals surface area contributed by atoms with E-state index in [1.165, 1.54) is 11.8 Å². The molecule has 0 aromatic heterocycles. The van der Waals surface area contributed by atoms with Crippen molar-refractivity contribution in [2.24, 2.45) is 4.99 Å². The van der Waals surface area contributed by atoms with Crippen LogP contribution in [0.2, 0.25) is 0 Å². The van der Waals surface area contributed by atoms with E-state index in [2.05, 4.69) is 10.3 Å². The van der Waals surface area contributed by atoms with Crippen molar-refractivity contribution >= 4 is 34.6 Å². The number of hydrogen-bond donors (Lipinski definition) is 1. The van der Waals surface area contributed by atoms with Crippen molar-refractivity contribution in [1.82, 2.24) is 5.32 Å². The van der Waals surface area contributed by atoms with Gasteiger partial charge in [0.1, 0.15) is 0 Å². The molecule has 23 heavy (non-hydrogen) atoms. The number of aliphatic imine (C=N–C) groups is 1. The predicted octanol–water partition coefficient (Wildman–Crippen LogP) is 4.52. The first-order chi connectivity index (χ1) is 11.2. The van der Waals surface area contributed by atoms with Crippen LogP contribution in [0.1, 0.15) is 12.5 Å². The number of allylic oxidation sites excluding steroid dienone is 2. The Hall–Kier alpha value is -2.59. The minimum atomic E-state index is -0.106. The van der Waals surface area contributed by atoms with E-state index >= 15 is 0 Å². The lowest BCUT2D eigenvalue weighted by atomic mass is 10.1. The van der Waals surface area contributed by atoms with Crippen molar-refractivity contribution < 1.29 is 4.79 Å². The van der Waals surface area contributed by atoms with E-state index < -0.39 is 0 Å². The summed E-state index contributed by atoms with van der Waals surface area (Å²) in [6, 6.07) is 19.6. The van der Waals surface area contributed by atoms with Gasteiger partial charge < -0.3 is 5.32 Å². The van der Waals surface area contributed by atoms with E-state index in [0.717, 1.165) is 16.8 Å². The van der Waals surface area contributed by atoms with E-state index in [1.807, 2.05) is 79.7 Å². The molecule has 1 fully saturated rings. The van der Waals surface area contributed by atoms with Gasteiger partial charge in [-0.15, -0.1) is 0 Å². The van der Waals surface area contributed by atoms with E-state index in [0.29, 0.717) is 10.1 Å². The molecule has 1 saturated heterocycles. The summed E-state index contributed by atoms with van der Waals surface area (Å²) in [5.74, 6) is -0.106. The monoisotopic (exact) mass is 320 g/mol. The van der Waals surface area contributed by atoms with Crippen LogP contribution in [0.25, 0.3) is 6.08 Å². The molecule has 114 valence electrons. The van der Waals surface area contributed by atoms with Crippen LogP contribution < -0.4 is 5.32 Å². The maximum Gasteiger partial charge on any atom is 0.264 e. The second kappa shape index (κ2) is 7.11. The molecule has 0 bridgehead atoms. The van der Waals surface area contributed by atoms with Gasteiger partial charge in [-0.2, -0.15) is 0 Å². The Balaban J connectivity index is 1.77. The summed E-state index contributed by atoms with van der Waals surface area (Å²) in [7, 11) is 0. The molecule has 3 rings (SSSR count). The number of para-hydroxylation sites is 1. The topological polar surface area (TPSA) is 41.5 Å². The lowest BCUT2D eigenvalue weighted by Crippen LogP contribution is -2.19. The van der Waals surface area contributed by atoms with E-state index in [4.69, 9.17) is 0 Å². The SMILES string of the molecule is CC(=Cc1ccccc1)/C=C1\SC(=Nc2ccccc2)NC1=O. The van der Waals surface area contributed by atoms with Crippen molar-refractivity contribution in [3.05, 3.63) is 82.8 Å². The van der Waals surface area contributed by atoms with Gasteiger partial charge in [-0.1, -0.05) is 54.6 Å². The number of carbonyl (C=O) groups excluding carboxylic acids is 1. The fourth-order valence-corrected chi connectivity index (χ4v) is 3.05. The van der Waals surface area contributed by atoms with E-state index in [9.17, 15) is 4.79 Å². The maximum absolute atomic E-state index is 12.1. The second-order valence-electron chi connectivity index (χ2n) is 5.12. The fourth-order valence-electron chi connectivity index (χ4n) is 2.16. The molecule has 1 N–H and O–H groups in total. The highest BCUT2D eigenvalue weighted by molar-refractivity contribution is 8.18. The Morgan fingerprint density at radius 3 is 2.39 bits per heavy atom. The lowest BCUT2D eigenvalue weighted by molar-refractivity contribution is -0.115. The number of benzene rings is 2. The Morgan fingerprint density at radius 2 is 1.70 bits per heavy atom. The number of nitrogens with one attached hydrogen (secondary N) is 1. The largest absolute Gasteiger partial charge is 0.300 e. The van der Waals surface area contributed by atoms with Crippen molar-refractivity contribution in [2.75, 3.05) is 0 Å². The van der Waals surface area contributed by atoms with Crippen LogP contribution in [0, 0.1) is 0 Å². The van der Waals surface area contributed by atoms with Crippen LogP contribution in [0.5, 0.6) is 0 Å². The highest BCUT2D eigenvalue weighted by Gasteiger charge is 2.23. The first kappa shape index (κ1) is 15.3. The van der Waals surface area contributed by atoms with Gasteiger partial charge in [-0.25, -0.2) is 4.99 Å². The standard InChI is InChI=1S/C19H16N2OS/c1-14(12-15-8-4-2-5-9-15)13-17-18(22)21-19(23-17)20-16-10-6-3-7-11-16/h2-13H,1H3,(H,20,21,22)/b14-12?,17-13-. The third-order valence-electron chi connectivity index (χ3n) is 3.19. The summed E-state index contributed by atoms with van der Waals surface area (Å²) in [6.45, 7) is 1.99. The third-order valence-corrected chi connectivity index (χ3v) is 4.10. The summed E-state index contributed by atoms with van der Waals surface area (Å²) >= 11 is 1.36. The summed E-state index contributed by atoms with van der Waals surface area (Å²) in [5.41, 5.74) is 2.96.